The van der Waals surface area contributed by atoms with Gasteiger partial charge in [0.2, 0.25) is 5.91 Å². The molecular weight excluding hydrogens is 194 g/mol. The first-order valence-corrected chi connectivity index (χ1v) is 5.74. The lowest BCUT2D eigenvalue weighted by atomic mass is 10.0. The predicted molar refractivity (Wildman–Crippen MR) is 54.4 cm³/mol. The van der Waals surface area contributed by atoms with Gasteiger partial charge in [-0.1, -0.05) is 12.8 Å². The normalized spacial score (nSPS) is 32.0. The molecule has 2 fully saturated rings. The lowest BCUT2D eigenvalue weighted by Crippen LogP contribution is -2.45. The minimum Gasteiger partial charge on any atom is -0.480 e. The summed E-state index contributed by atoms with van der Waals surface area (Å²) in [6.45, 7) is 0. The van der Waals surface area contributed by atoms with Crippen LogP contribution >= 0.6 is 0 Å². The maximum Gasteiger partial charge on any atom is 0.326 e. The second kappa shape index (κ2) is 4.21. The van der Waals surface area contributed by atoms with E-state index in [1.54, 1.807) is 4.90 Å². The number of carboxylic acids is 1. The molecule has 0 aromatic heterocycles. The zero-order chi connectivity index (χ0) is 10.8. The first kappa shape index (κ1) is 10.5. The molecule has 0 aromatic carbocycles. The van der Waals surface area contributed by atoms with Crippen molar-refractivity contribution in [3.05, 3.63) is 0 Å². The zero-order valence-electron chi connectivity index (χ0n) is 8.82. The Labute approximate surface area is 89.3 Å². The molecule has 0 radical (unpaired) electrons. The van der Waals surface area contributed by atoms with Crippen LogP contribution in [0.2, 0.25) is 0 Å². The summed E-state index contributed by atoms with van der Waals surface area (Å²) in [5, 5.41) is 9.04. The molecule has 0 aliphatic carbocycles. The molecule has 15 heavy (non-hydrogen) atoms. The fourth-order valence-electron chi connectivity index (χ4n) is 2.75. The van der Waals surface area contributed by atoms with Crippen LogP contribution in [0, 0.1) is 0 Å². The van der Waals surface area contributed by atoms with Crippen molar-refractivity contribution in [2.24, 2.45) is 0 Å². The molecule has 84 valence electrons. The molecule has 0 bridgehead atoms. The smallest absolute Gasteiger partial charge is 0.326 e. The highest BCUT2D eigenvalue weighted by Gasteiger charge is 2.40. The topological polar surface area (TPSA) is 57.6 Å². The van der Waals surface area contributed by atoms with Crippen LogP contribution in [0.4, 0.5) is 0 Å². The van der Waals surface area contributed by atoms with Crippen molar-refractivity contribution in [2.75, 3.05) is 0 Å². The maximum absolute atomic E-state index is 11.8. The molecule has 0 saturated carbocycles. The molecule has 2 unspecified atom stereocenters. The molecule has 1 N–H and O–H groups in total. The van der Waals surface area contributed by atoms with E-state index in [1.807, 2.05) is 0 Å². The zero-order valence-corrected chi connectivity index (χ0v) is 8.82. The highest BCUT2D eigenvalue weighted by molar-refractivity contribution is 5.84. The fraction of sp³-hybridized carbons (Fsp3) is 0.818. The largest absolute Gasteiger partial charge is 0.480 e. The number of rotatable bonds is 1. The number of carboxylic acid groups (broad SMARTS) is 1. The molecule has 2 heterocycles. The Morgan fingerprint density at radius 3 is 2.73 bits per heavy atom. The lowest BCUT2D eigenvalue weighted by molar-refractivity contribution is -0.150. The molecule has 2 atom stereocenters. The number of fused-ring (bicyclic) bond motifs is 1. The van der Waals surface area contributed by atoms with Gasteiger partial charge >= 0.3 is 5.97 Å². The van der Waals surface area contributed by atoms with Gasteiger partial charge in [-0.2, -0.15) is 0 Å². The molecule has 2 saturated heterocycles. The van der Waals surface area contributed by atoms with Gasteiger partial charge in [0.15, 0.2) is 0 Å². The second-order valence-corrected chi connectivity index (χ2v) is 4.49. The predicted octanol–water partition coefficient (Wildman–Crippen LogP) is 1.39. The van der Waals surface area contributed by atoms with Crippen LogP contribution in [-0.4, -0.2) is 34.0 Å². The third-order valence-corrected chi connectivity index (χ3v) is 3.50. The van der Waals surface area contributed by atoms with Crippen molar-refractivity contribution in [1.29, 1.82) is 0 Å². The Bertz CT molecular complexity index is 277. The third kappa shape index (κ3) is 1.98. The van der Waals surface area contributed by atoms with Gasteiger partial charge in [0.05, 0.1) is 0 Å². The summed E-state index contributed by atoms with van der Waals surface area (Å²) in [6.07, 6.45) is 6.15. The SMILES string of the molecule is O=C(O)C1CCC2CCCCCC(=O)N21. The minimum absolute atomic E-state index is 0.0459. The van der Waals surface area contributed by atoms with Crippen LogP contribution in [-0.2, 0) is 9.59 Å². The van der Waals surface area contributed by atoms with Gasteiger partial charge in [0, 0.05) is 12.5 Å². The van der Waals surface area contributed by atoms with Crippen molar-refractivity contribution < 1.29 is 14.7 Å². The van der Waals surface area contributed by atoms with Crippen LogP contribution in [0.15, 0.2) is 0 Å². The third-order valence-electron chi connectivity index (χ3n) is 3.50. The van der Waals surface area contributed by atoms with E-state index in [4.69, 9.17) is 5.11 Å². The highest BCUT2D eigenvalue weighted by atomic mass is 16.4. The van der Waals surface area contributed by atoms with E-state index >= 15 is 0 Å². The van der Waals surface area contributed by atoms with Crippen molar-refractivity contribution in [3.8, 4) is 0 Å². The molecule has 2 aliphatic heterocycles. The Kier molecular flexibility index (Phi) is 2.93. The number of amides is 1. The number of nitrogens with zero attached hydrogens (tertiary/aromatic N) is 1. The standard InChI is InChI=1S/C11H17NO3/c13-10-5-3-1-2-4-8-6-7-9(11(14)15)12(8)10/h8-9H,1-7H2,(H,14,15). The van der Waals surface area contributed by atoms with Crippen molar-refractivity contribution in [1.82, 2.24) is 4.90 Å². The molecule has 0 aromatic rings. The number of hydrogen-bond donors (Lipinski definition) is 1. The average molecular weight is 211 g/mol. The van der Waals surface area contributed by atoms with Gasteiger partial charge < -0.3 is 10.0 Å². The van der Waals surface area contributed by atoms with Gasteiger partial charge in [-0.25, -0.2) is 4.79 Å². The molecule has 1 amide bonds. The van der Waals surface area contributed by atoms with Crippen LogP contribution in [0.1, 0.15) is 44.9 Å². The maximum atomic E-state index is 11.8. The van der Waals surface area contributed by atoms with E-state index < -0.39 is 12.0 Å². The van der Waals surface area contributed by atoms with E-state index in [0.29, 0.717) is 12.8 Å². The fourth-order valence-corrected chi connectivity index (χ4v) is 2.75. The van der Waals surface area contributed by atoms with E-state index in [-0.39, 0.29) is 11.9 Å². The highest BCUT2D eigenvalue weighted by Crippen LogP contribution is 2.30. The summed E-state index contributed by atoms with van der Waals surface area (Å²) in [6, 6.07) is -0.362. The monoisotopic (exact) mass is 211 g/mol. The summed E-state index contributed by atoms with van der Waals surface area (Å²) in [7, 11) is 0. The summed E-state index contributed by atoms with van der Waals surface area (Å²) in [5.74, 6) is -0.795. The van der Waals surface area contributed by atoms with Gasteiger partial charge in [-0.3, -0.25) is 4.79 Å². The van der Waals surface area contributed by atoms with Crippen molar-refractivity contribution >= 4 is 11.9 Å². The van der Waals surface area contributed by atoms with E-state index in [9.17, 15) is 9.59 Å². The van der Waals surface area contributed by atoms with Crippen LogP contribution < -0.4 is 0 Å². The van der Waals surface area contributed by atoms with Gasteiger partial charge in [0.25, 0.3) is 0 Å². The Morgan fingerprint density at radius 1 is 1.20 bits per heavy atom. The second-order valence-electron chi connectivity index (χ2n) is 4.49. The van der Waals surface area contributed by atoms with E-state index in [0.717, 1.165) is 32.1 Å². The Hall–Kier alpha value is -1.06. The van der Waals surface area contributed by atoms with Gasteiger partial charge in [0.1, 0.15) is 6.04 Å². The molecule has 2 rings (SSSR count). The number of carbonyl (C=O) groups is 2. The van der Waals surface area contributed by atoms with Gasteiger partial charge in [-0.05, 0) is 25.7 Å². The summed E-state index contributed by atoms with van der Waals surface area (Å²) in [5.41, 5.74) is 0. The Morgan fingerprint density at radius 2 is 2.00 bits per heavy atom. The Balaban J connectivity index is 2.15. The molecule has 2 aliphatic rings. The van der Waals surface area contributed by atoms with Gasteiger partial charge in [-0.15, -0.1) is 0 Å². The lowest BCUT2D eigenvalue weighted by Gasteiger charge is -2.30. The summed E-state index contributed by atoms with van der Waals surface area (Å²) >= 11 is 0. The minimum atomic E-state index is -0.841. The first-order valence-electron chi connectivity index (χ1n) is 5.74. The summed E-state index contributed by atoms with van der Waals surface area (Å²) < 4.78 is 0. The molecule has 4 nitrogen and oxygen atoms in total. The van der Waals surface area contributed by atoms with Crippen LogP contribution in [0.3, 0.4) is 0 Å². The summed E-state index contributed by atoms with van der Waals surface area (Å²) in [4.78, 5) is 24.5. The van der Waals surface area contributed by atoms with E-state index in [2.05, 4.69) is 0 Å². The van der Waals surface area contributed by atoms with Crippen molar-refractivity contribution in [3.63, 3.8) is 0 Å². The first-order chi connectivity index (χ1) is 7.20. The van der Waals surface area contributed by atoms with Crippen molar-refractivity contribution in [2.45, 2.75) is 57.0 Å². The number of hydrogen-bond acceptors (Lipinski definition) is 2. The number of carbonyl (C=O) groups excluding carboxylic acids is 1. The number of aliphatic carboxylic acids is 1. The molecule has 0 spiro atoms. The quantitative estimate of drug-likeness (QED) is 0.713. The van der Waals surface area contributed by atoms with Crippen LogP contribution in [0.25, 0.3) is 0 Å². The van der Waals surface area contributed by atoms with E-state index in [1.165, 1.54) is 0 Å². The molecule has 4 heteroatoms. The molecular formula is C11H17NO3. The van der Waals surface area contributed by atoms with Crippen LogP contribution in [0.5, 0.6) is 0 Å². The average Bonchev–Trinajstić information content (AvgIpc) is 2.57.